The molecule has 0 heterocycles. The summed E-state index contributed by atoms with van der Waals surface area (Å²) in [6.07, 6.45) is 3.44. The van der Waals surface area contributed by atoms with Gasteiger partial charge in [0.1, 0.15) is 18.1 Å². The van der Waals surface area contributed by atoms with Crippen LogP contribution in [0, 0.1) is 5.92 Å². The van der Waals surface area contributed by atoms with Crippen LogP contribution in [0.15, 0.2) is 0 Å². The third-order valence-corrected chi connectivity index (χ3v) is 5.29. The van der Waals surface area contributed by atoms with Crippen molar-refractivity contribution in [3.05, 3.63) is 0 Å². The second-order valence-corrected chi connectivity index (χ2v) is 8.53. The standard InChI is InChI=1S/C19H37N5O6S/c1-11(2)15(21)18(28)24-14(10-25)17(27)22-12(7-9-31-3)16(26)23-13(19(29)30)6-4-5-8-20/h11-15,25H,4-10,20-21H2,1-3H3,(H,22,27)(H,23,26)(H,24,28)(H,29,30). The number of hydrogen-bond acceptors (Lipinski definition) is 8. The number of nitrogens with two attached hydrogens (primary N) is 2. The molecule has 0 spiro atoms. The topological polar surface area (TPSA) is 197 Å². The van der Waals surface area contributed by atoms with E-state index in [4.69, 9.17) is 11.5 Å². The van der Waals surface area contributed by atoms with E-state index < -0.39 is 54.5 Å². The molecule has 3 amide bonds. The summed E-state index contributed by atoms with van der Waals surface area (Å²) in [6.45, 7) is 3.22. The first-order valence-electron chi connectivity index (χ1n) is 10.3. The van der Waals surface area contributed by atoms with E-state index >= 15 is 0 Å². The highest BCUT2D eigenvalue weighted by Crippen LogP contribution is 2.06. The Labute approximate surface area is 187 Å². The fraction of sp³-hybridized carbons (Fsp3) is 0.789. The number of rotatable bonds is 16. The SMILES string of the molecule is CSCCC(NC(=O)C(CO)NC(=O)C(N)C(C)C)C(=O)NC(CCCCN)C(=O)O. The maximum atomic E-state index is 12.7. The summed E-state index contributed by atoms with van der Waals surface area (Å²) < 4.78 is 0. The van der Waals surface area contributed by atoms with E-state index in [1.54, 1.807) is 13.8 Å². The molecule has 0 aromatic rings. The molecule has 0 aliphatic carbocycles. The Kier molecular flexibility index (Phi) is 14.9. The minimum absolute atomic E-state index is 0.172. The van der Waals surface area contributed by atoms with Gasteiger partial charge in [-0.25, -0.2) is 4.79 Å². The molecule has 0 saturated heterocycles. The average molecular weight is 464 g/mol. The van der Waals surface area contributed by atoms with Crippen molar-refractivity contribution >= 4 is 35.5 Å². The lowest BCUT2D eigenvalue weighted by Gasteiger charge is -2.25. The van der Waals surface area contributed by atoms with Gasteiger partial charge in [-0.05, 0) is 50.2 Å². The Morgan fingerprint density at radius 2 is 1.45 bits per heavy atom. The van der Waals surface area contributed by atoms with Crippen LogP contribution in [0.1, 0.15) is 39.5 Å². The van der Waals surface area contributed by atoms with Crippen LogP contribution in [0.25, 0.3) is 0 Å². The van der Waals surface area contributed by atoms with Crippen LogP contribution in [0.4, 0.5) is 0 Å². The predicted octanol–water partition coefficient (Wildman–Crippen LogP) is -1.62. The number of aliphatic hydroxyl groups excluding tert-OH is 1. The quantitative estimate of drug-likeness (QED) is 0.132. The van der Waals surface area contributed by atoms with Crippen LogP contribution in [-0.4, -0.2) is 83.2 Å². The molecule has 9 N–H and O–H groups in total. The number of nitrogens with one attached hydrogen (secondary N) is 3. The largest absolute Gasteiger partial charge is 0.480 e. The highest BCUT2D eigenvalue weighted by Gasteiger charge is 2.30. The summed E-state index contributed by atoms with van der Waals surface area (Å²) in [5.41, 5.74) is 11.2. The van der Waals surface area contributed by atoms with Gasteiger partial charge < -0.3 is 37.6 Å². The van der Waals surface area contributed by atoms with Gasteiger partial charge in [-0.3, -0.25) is 14.4 Å². The second kappa shape index (κ2) is 15.8. The third kappa shape index (κ3) is 11.3. The van der Waals surface area contributed by atoms with Crippen molar-refractivity contribution in [2.75, 3.05) is 25.2 Å². The summed E-state index contributed by atoms with van der Waals surface area (Å²) in [7, 11) is 0. The summed E-state index contributed by atoms with van der Waals surface area (Å²) in [6, 6.07) is -4.28. The van der Waals surface area contributed by atoms with E-state index in [0.717, 1.165) is 0 Å². The van der Waals surface area contributed by atoms with Crippen LogP contribution < -0.4 is 27.4 Å². The van der Waals surface area contributed by atoms with Gasteiger partial charge in [-0.1, -0.05) is 13.8 Å². The Hall–Kier alpha value is -1.89. The zero-order valence-corrected chi connectivity index (χ0v) is 19.2. The number of carbonyl (C=O) groups excluding carboxylic acids is 3. The molecular weight excluding hydrogens is 426 g/mol. The molecule has 0 aromatic carbocycles. The highest BCUT2D eigenvalue weighted by atomic mass is 32.2. The van der Waals surface area contributed by atoms with E-state index in [-0.39, 0.29) is 18.8 Å². The van der Waals surface area contributed by atoms with E-state index in [9.17, 15) is 29.4 Å². The van der Waals surface area contributed by atoms with Gasteiger partial charge in [-0.2, -0.15) is 11.8 Å². The molecule has 0 bridgehead atoms. The maximum absolute atomic E-state index is 12.7. The Morgan fingerprint density at radius 1 is 0.903 bits per heavy atom. The molecule has 4 unspecified atom stereocenters. The summed E-state index contributed by atoms with van der Waals surface area (Å²) in [5.74, 6) is -2.83. The van der Waals surface area contributed by atoms with Crippen molar-refractivity contribution in [1.82, 2.24) is 16.0 Å². The fourth-order valence-electron chi connectivity index (χ4n) is 2.56. The summed E-state index contributed by atoms with van der Waals surface area (Å²) in [4.78, 5) is 48.8. The van der Waals surface area contributed by atoms with Crippen LogP contribution in [-0.2, 0) is 19.2 Å². The zero-order chi connectivity index (χ0) is 24.0. The third-order valence-electron chi connectivity index (χ3n) is 4.64. The molecule has 0 aromatic heterocycles. The first-order valence-corrected chi connectivity index (χ1v) is 11.7. The summed E-state index contributed by atoms with van der Waals surface area (Å²) >= 11 is 1.45. The number of hydrogen-bond donors (Lipinski definition) is 7. The monoisotopic (exact) mass is 463 g/mol. The van der Waals surface area contributed by atoms with Gasteiger partial charge in [0.2, 0.25) is 17.7 Å². The minimum atomic E-state index is -1.29. The molecule has 11 nitrogen and oxygen atoms in total. The lowest BCUT2D eigenvalue weighted by molar-refractivity contribution is -0.142. The highest BCUT2D eigenvalue weighted by molar-refractivity contribution is 7.98. The predicted molar refractivity (Wildman–Crippen MR) is 119 cm³/mol. The lowest BCUT2D eigenvalue weighted by Crippen LogP contribution is -2.58. The lowest BCUT2D eigenvalue weighted by atomic mass is 10.0. The van der Waals surface area contributed by atoms with Crippen LogP contribution in [0.3, 0.4) is 0 Å². The van der Waals surface area contributed by atoms with Crippen LogP contribution >= 0.6 is 11.8 Å². The van der Waals surface area contributed by atoms with E-state index in [1.165, 1.54) is 11.8 Å². The van der Waals surface area contributed by atoms with Gasteiger partial charge in [0.05, 0.1) is 12.6 Å². The van der Waals surface area contributed by atoms with Gasteiger partial charge in [0, 0.05) is 0 Å². The van der Waals surface area contributed by atoms with Crippen molar-refractivity contribution in [3.63, 3.8) is 0 Å². The molecule has 0 saturated carbocycles. The molecule has 0 fully saturated rings. The van der Waals surface area contributed by atoms with Gasteiger partial charge in [0.25, 0.3) is 0 Å². The molecular formula is C19H37N5O6S. The number of amides is 3. The smallest absolute Gasteiger partial charge is 0.326 e. The number of thioether (sulfide) groups is 1. The van der Waals surface area contributed by atoms with Crippen molar-refractivity contribution in [3.8, 4) is 0 Å². The van der Waals surface area contributed by atoms with Crippen molar-refractivity contribution < 1.29 is 29.4 Å². The first kappa shape index (κ1) is 29.1. The molecule has 4 atom stereocenters. The van der Waals surface area contributed by atoms with Crippen LogP contribution in [0.5, 0.6) is 0 Å². The normalized spacial score (nSPS) is 14.9. The number of unbranched alkanes of at least 4 members (excludes halogenated alkanes) is 1. The van der Waals surface area contributed by atoms with Crippen LogP contribution in [0.2, 0.25) is 0 Å². The van der Waals surface area contributed by atoms with Gasteiger partial charge in [-0.15, -0.1) is 0 Å². The Bertz CT molecular complexity index is 592. The molecule has 12 heteroatoms. The molecule has 0 rings (SSSR count). The molecule has 0 aliphatic heterocycles. The molecule has 0 radical (unpaired) electrons. The minimum Gasteiger partial charge on any atom is -0.480 e. The number of carboxylic acids is 1. The first-order chi connectivity index (χ1) is 14.6. The second-order valence-electron chi connectivity index (χ2n) is 7.54. The van der Waals surface area contributed by atoms with Crippen molar-refractivity contribution in [2.24, 2.45) is 17.4 Å². The molecule has 0 aliphatic rings. The maximum Gasteiger partial charge on any atom is 0.326 e. The number of aliphatic hydroxyl groups is 1. The van der Waals surface area contributed by atoms with Gasteiger partial charge in [0.15, 0.2) is 0 Å². The summed E-state index contributed by atoms with van der Waals surface area (Å²) in [5, 5.41) is 26.2. The van der Waals surface area contributed by atoms with Crippen molar-refractivity contribution in [1.29, 1.82) is 0 Å². The Morgan fingerprint density at radius 3 is 1.94 bits per heavy atom. The fourth-order valence-corrected chi connectivity index (χ4v) is 3.04. The van der Waals surface area contributed by atoms with Crippen molar-refractivity contribution in [2.45, 2.75) is 63.7 Å². The number of carboxylic acid groups (broad SMARTS) is 1. The Balaban J connectivity index is 5.18. The number of carbonyl (C=O) groups is 4. The van der Waals surface area contributed by atoms with Gasteiger partial charge >= 0.3 is 5.97 Å². The van der Waals surface area contributed by atoms with E-state index in [0.29, 0.717) is 25.1 Å². The van der Waals surface area contributed by atoms with E-state index in [2.05, 4.69) is 16.0 Å². The number of aliphatic carboxylic acids is 1. The zero-order valence-electron chi connectivity index (χ0n) is 18.4. The molecule has 31 heavy (non-hydrogen) atoms. The molecule has 180 valence electrons. The van der Waals surface area contributed by atoms with E-state index in [1.807, 2.05) is 6.26 Å². The average Bonchev–Trinajstić information content (AvgIpc) is 2.72.